The maximum Gasteiger partial charge on any atom is 0.315 e. The Hall–Kier alpha value is -2.36. The summed E-state index contributed by atoms with van der Waals surface area (Å²) in [5.41, 5.74) is 2.00. The topological polar surface area (TPSA) is 85.2 Å². The normalized spacial score (nSPS) is 11.5. The number of aliphatic hydroxyl groups excluding tert-OH is 1. The Morgan fingerprint density at radius 1 is 1.39 bits per heavy atom. The second-order valence-corrected chi connectivity index (χ2v) is 6.17. The number of nitriles is 1. The Bertz CT molecular complexity index is 702. The quantitative estimate of drug-likeness (QED) is 0.762. The van der Waals surface area contributed by atoms with Crippen LogP contribution in [0.4, 0.5) is 4.79 Å². The fourth-order valence-electron chi connectivity index (χ4n) is 2.08. The number of amides is 2. The van der Waals surface area contributed by atoms with Crippen LogP contribution in [-0.4, -0.2) is 23.8 Å². The first kappa shape index (κ1) is 17.0. The standard InChI is InChI=1S/C17H19N3O2S/c1-2-14(11-21)20-17(22)19-10-12-4-3-5-13(8-12)16-7-6-15(9-18)23-16/h3-8,14,21H,2,10-11H2,1H3,(H2,19,20,22). The lowest BCUT2D eigenvalue weighted by Crippen LogP contribution is -2.43. The van der Waals surface area contributed by atoms with E-state index in [2.05, 4.69) is 16.7 Å². The lowest BCUT2D eigenvalue weighted by Gasteiger charge is -2.14. The molecule has 2 rings (SSSR count). The summed E-state index contributed by atoms with van der Waals surface area (Å²) in [6, 6.07) is 13.2. The lowest BCUT2D eigenvalue weighted by molar-refractivity contribution is 0.214. The van der Waals surface area contributed by atoms with Gasteiger partial charge in [0.1, 0.15) is 10.9 Å². The molecule has 0 aliphatic rings. The predicted octanol–water partition coefficient (Wildman–Crippen LogP) is 2.86. The highest BCUT2D eigenvalue weighted by molar-refractivity contribution is 7.16. The van der Waals surface area contributed by atoms with Gasteiger partial charge in [0.25, 0.3) is 0 Å². The van der Waals surface area contributed by atoms with Crippen molar-refractivity contribution in [2.45, 2.75) is 25.9 Å². The van der Waals surface area contributed by atoms with Crippen molar-refractivity contribution in [3.05, 3.63) is 46.8 Å². The van der Waals surface area contributed by atoms with Crippen molar-refractivity contribution in [3.63, 3.8) is 0 Å². The molecular formula is C17H19N3O2S. The van der Waals surface area contributed by atoms with Crippen molar-refractivity contribution in [2.75, 3.05) is 6.61 Å². The summed E-state index contributed by atoms with van der Waals surface area (Å²) in [6.45, 7) is 2.23. The third-order valence-corrected chi connectivity index (χ3v) is 4.47. The molecule has 1 aromatic heterocycles. The van der Waals surface area contributed by atoms with Crippen LogP contribution in [0, 0.1) is 11.3 Å². The minimum atomic E-state index is -0.292. The zero-order valence-corrected chi connectivity index (χ0v) is 13.7. The van der Waals surface area contributed by atoms with Crippen LogP contribution in [0.3, 0.4) is 0 Å². The molecule has 2 aromatic rings. The summed E-state index contributed by atoms with van der Waals surface area (Å²) < 4.78 is 0. The molecule has 23 heavy (non-hydrogen) atoms. The molecule has 1 aromatic carbocycles. The zero-order chi connectivity index (χ0) is 16.7. The Balaban J connectivity index is 1.98. The molecule has 1 heterocycles. The molecule has 1 unspecified atom stereocenters. The number of thiophene rings is 1. The number of nitrogens with zero attached hydrogens (tertiary/aromatic N) is 1. The van der Waals surface area contributed by atoms with Gasteiger partial charge in [0.2, 0.25) is 0 Å². The number of hydrogen-bond acceptors (Lipinski definition) is 4. The van der Waals surface area contributed by atoms with Crippen LogP contribution < -0.4 is 10.6 Å². The van der Waals surface area contributed by atoms with E-state index in [4.69, 9.17) is 10.4 Å². The summed E-state index contributed by atoms with van der Waals surface area (Å²) >= 11 is 1.44. The van der Waals surface area contributed by atoms with E-state index in [1.807, 2.05) is 37.3 Å². The van der Waals surface area contributed by atoms with Crippen LogP contribution in [0.5, 0.6) is 0 Å². The molecule has 2 amide bonds. The largest absolute Gasteiger partial charge is 0.394 e. The maximum atomic E-state index is 11.8. The average molecular weight is 329 g/mol. The third-order valence-electron chi connectivity index (χ3n) is 3.43. The van der Waals surface area contributed by atoms with Crippen LogP contribution in [0.2, 0.25) is 0 Å². The highest BCUT2D eigenvalue weighted by Crippen LogP contribution is 2.28. The number of hydrogen-bond donors (Lipinski definition) is 3. The smallest absolute Gasteiger partial charge is 0.315 e. The van der Waals surface area contributed by atoms with Gasteiger partial charge in [-0.2, -0.15) is 5.26 Å². The fourth-order valence-corrected chi connectivity index (χ4v) is 2.88. The first-order chi connectivity index (χ1) is 11.2. The highest BCUT2D eigenvalue weighted by Gasteiger charge is 2.09. The first-order valence-corrected chi connectivity index (χ1v) is 8.22. The third kappa shape index (κ3) is 4.81. The molecule has 0 aliphatic carbocycles. The SMILES string of the molecule is CCC(CO)NC(=O)NCc1cccc(-c2ccc(C#N)s2)c1. The van der Waals surface area contributed by atoms with Gasteiger partial charge in [-0.05, 0) is 35.7 Å². The van der Waals surface area contributed by atoms with Crippen molar-refractivity contribution in [1.29, 1.82) is 5.26 Å². The van der Waals surface area contributed by atoms with Crippen molar-refractivity contribution in [3.8, 4) is 16.5 Å². The highest BCUT2D eigenvalue weighted by atomic mass is 32.1. The molecule has 0 spiro atoms. The number of rotatable bonds is 6. The van der Waals surface area contributed by atoms with E-state index in [0.29, 0.717) is 17.8 Å². The van der Waals surface area contributed by atoms with Crippen LogP contribution in [0.1, 0.15) is 23.8 Å². The Kier molecular flexibility index (Phi) is 6.15. The Morgan fingerprint density at radius 2 is 2.22 bits per heavy atom. The molecule has 0 fully saturated rings. The summed E-state index contributed by atoms with van der Waals surface area (Å²) in [4.78, 5) is 13.5. The first-order valence-electron chi connectivity index (χ1n) is 7.40. The summed E-state index contributed by atoms with van der Waals surface area (Å²) in [5.74, 6) is 0. The zero-order valence-electron chi connectivity index (χ0n) is 12.9. The minimum absolute atomic E-state index is 0.0704. The second-order valence-electron chi connectivity index (χ2n) is 5.09. The maximum absolute atomic E-state index is 11.8. The average Bonchev–Trinajstić information content (AvgIpc) is 3.07. The van der Waals surface area contributed by atoms with E-state index in [-0.39, 0.29) is 18.7 Å². The molecule has 0 aliphatic heterocycles. The number of urea groups is 1. The lowest BCUT2D eigenvalue weighted by atomic mass is 10.1. The van der Waals surface area contributed by atoms with Gasteiger partial charge in [-0.15, -0.1) is 11.3 Å². The molecule has 0 radical (unpaired) electrons. The minimum Gasteiger partial charge on any atom is -0.394 e. The molecule has 0 bridgehead atoms. The second kappa shape index (κ2) is 8.32. The van der Waals surface area contributed by atoms with E-state index in [9.17, 15) is 4.79 Å². The van der Waals surface area contributed by atoms with E-state index < -0.39 is 0 Å². The fraction of sp³-hybridized carbons (Fsp3) is 0.294. The van der Waals surface area contributed by atoms with Gasteiger partial charge >= 0.3 is 6.03 Å². The predicted molar refractivity (Wildman–Crippen MR) is 91.0 cm³/mol. The van der Waals surface area contributed by atoms with Crippen molar-refractivity contribution < 1.29 is 9.90 Å². The molecule has 6 heteroatoms. The molecule has 0 saturated carbocycles. The van der Waals surface area contributed by atoms with E-state index >= 15 is 0 Å². The van der Waals surface area contributed by atoms with Gasteiger partial charge in [-0.1, -0.05) is 25.1 Å². The summed E-state index contributed by atoms with van der Waals surface area (Å²) in [7, 11) is 0. The van der Waals surface area contributed by atoms with Gasteiger partial charge in [0.05, 0.1) is 12.6 Å². The Labute approximate surface area is 139 Å². The number of aliphatic hydroxyl groups is 1. The molecule has 120 valence electrons. The molecule has 0 saturated heterocycles. The van der Waals surface area contributed by atoms with Crippen LogP contribution >= 0.6 is 11.3 Å². The van der Waals surface area contributed by atoms with Crippen molar-refractivity contribution in [2.24, 2.45) is 0 Å². The molecule has 1 atom stereocenters. The monoisotopic (exact) mass is 329 g/mol. The van der Waals surface area contributed by atoms with Gasteiger partial charge in [-0.25, -0.2) is 4.79 Å². The number of nitrogens with one attached hydrogen (secondary N) is 2. The number of benzene rings is 1. The van der Waals surface area contributed by atoms with E-state index in [1.165, 1.54) is 11.3 Å². The van der Waals surface area contributed by atoms with Gasteiger partial charge in [0, 0.05) is 11.4 Å². The molecule has 5 nitrogen and oxygen atoms in total. The van der Waals surface area contributed by atoms with Crippen molar-refractivity contribution >= 4 is 17.4 Å². The summed E-state index contributed by atoms with van der Waals surface area (Å²) in [5, 5.41) is 23.5. The van der Waals surface area contributed by atoms with Gasteiger partial charge in [0.15, 0.2) is 0 Å². The molecular weight excluding hydrogens is 310 g/mol. The Morgan fingerprint density at radius 3 is 2.87 bits per heavy atom. The number of carbonyl (C=O) groups excluding carboxylic acids is 1. The number of carbonyl (C=O) groups is 1. The van der Waals surface area contributed by atoms with Gasteiger partial charge in [-0.3, -0.25) is 0 Å². The summed E-state index contributed by atoms with van der Waals surface area (Å²) in [6.07, 6.45) is 0.680. The van der Waals surface area contributed by atoms with Crippen molar-refractivity contribution in [1.82, 2.24) is 10.6 Å². The van der Waals surface area contributed by atoms with Crippen LogP contribution in [-0.2, 0) is 6.54 Å². The van der Waals surface area contributed by atoms with E-state index in [1.54, 1.807) is 6.07 Å². The van der Waals surface area contributed by atoms with Crippen LogP contribution in [0.25, 0.3) is 10.4 Å². The molecule has 3 N–H and O–H groups in total. The van der Waals surface area contributed by atoms with Crippen LogP contribution in [0.15, 0.2) is 36.4 Å². The van der Waals surface area contributed by atoms with E-state index in [0.717, 1.165) is 16.0 Å². The van der Waals surface area contributed by atoms with Gasteiger partial charge < -0.3 is 15.7 Å².